The average molecular weight is 315 g/mol. The zero-order valence-corrected chi connectivity index (χ0v) is 13.6. The Morgan fingerprint density at radius 3 is 2.74 bits per heavy atom. The number of hydrogen-bond donors (Lipinski definition) is 2. The standard InChI is InChI=1S/C18H25N3O2/c1-3-10-23-17-7-5-4-6-16(17)20-18(22)19-13-11-14-8-9-15(12-13)21(14)2/h3-7,13-15H,1,8-12H2,2H3,(H2,19,20,22)/t13?,14-,15+. The normalized spacial score (nSPS) is 26.6. The summed E-state index contributed by atoms with van der Waals surface area (Å²) in [5.74, 6) is 0.658. The number of carbonyl (C=O) groups is 1. The summed E-state index contributed by atoms with van der Waals surface area (Å²) in [7, 11) is 2.20. The Morgan fingerprint density at radius 2 is 2.04 bits per heavy atom. The Kier molecular flexibility index (Phi) is 4.86. The molecular formula is C18H25N3O2. The molecule has 3 atom stereocenters. The minimum absolute atomic E-state index is 0.159. The first-order chi connectivity index (χ1) is 11.2. The Bertz CT molecular complexity index is 561. The van der Waals surface area contributed by atoms with Gasteiger partial charge in [-0.2, -0.15) is 0 Å². The molecule has 3 rings (SSSR count). The first-order valence-corrected chi connectivity index (χ1v) is 8.29. The van der Waals surface area contributed by atoms with Gasteiger partial charge >= 0.3 is 6.03 Å². The average Bonchev–Trinajstić information content (AvgIpc) is 2.75. The van der Waals surface area contributed by atoms with Gasteiger partial charge in [-0.1, -0.05) is 24.8 Å². The highest BCUT2D eigenvalue weighted by molar-refractivity contribution is 5.91. The van der Waals surface area contributed by atoms with Crippen LogP contribution in [0, 0.1) is 0 Å². The molecule has 2 fully saturated rings. The van der Waals surface area contributed by atoms with Crippen LogP contribution in [0.5, 0.6) is 5.75 Å². The third kappa shape index (κ3) is 3.67. The van der Waals surface area contributed by atoms with Gasteiger partial charge in [-0.05, 0) is 44.9 Å². The van der Waals surface area contributed by atoms with E-state index in [-0.39, 0.29) is 12.1 Å². The van der Waals surface area contributed by atoms with Gasteiger partial charge in [0.05, 0.1) is 5.69 Å². The molecule has 0 aromatic heterocycles. The maximum Gasteiger partial charge on any atom is 0.319 e. The Labute approximate surface area is 137 Å². The van der Waals surface area contributed by atoms with Crippen molar-refractivity contribution in [2.75, 3.05) is 19.0 Å². The van der Waals surface area contributed by atoms with Gasteiger partial charge in [0.1, 0.15) is 12.4 Å². The van der Waals surface area contributed by atoms with E-state index in [1.165, 1.54) is 12.8 Å². The number of anilines is 1. The molecule has 1 unspecified atom stereocenters. The summed E-state index contributed by atoms with van der Waals surface area (Å²) in [5.41, 5.74) is 0.683. The monoisotopic (exact) mass is 315 g/mol. The van der Waals surface area contributed by atoms with Gasteiger partial charge < -0.3 is 20.3 Å². The van der Waals surface area contributed by atoms with Gasteiger partial charge in [-0.15, -0.1) is 0 Å². The molecule has 2 aliphatic rings. The highest BCUT2D eigenvalue weighted by Gasteiger charge is 2.38. The number of urea groups is 1. The molecular weight excluding hydrogens is 290 g/mol. The molecule has 0 saturated carbocycles. The topological polar surface area (TPSA) is 53.6 Å². The summed E-state index contributed by atoms with van der Waals surface area (Å²) in [4.78, 5) is 14.8. The maximum absolute atomic E-state index is 12.3. The number of para-hydroxylation sites is 2. The van der Waals surface area contributed by atoms with Crippen molar-refractivity contribution < 1.29 is 9.53 Å². The molecule has 0 aliphatic carbocycles. The van der Waals surface area contributed by atoms with E-state index in [0.717, 1.165) is 12.8 Å². The fourth-order valence-corrected chi connectivity index (χ4v) is 3.72. The highest BCUT2D eigenvalue weighted by atomic mass is 16.5. The van der Waals surface area contributed by atoms with Crippen LogP contribution in [0.3, 0.4) is 0 Å². The predicted octanol–water partition coefficient (Wildman–Crippen LogP) is 3.00. The first kappa shape index (κ1) is 15.9. The van der Waals surface area contributed by atoms with E-state index in [1.54, 1.807) is 6.08 Å². The Balaban J connectivity index is 1.57. The van der Waals surface area contributed by atoms with Crippen LogP contribution < -0.4 is 15.4 Å². The van der Waals surface area contributed by atoms with E-state index >= 15 is 0 Å². The second-order valence-electron chi connectivity index (χ2n) is 6.41. The summed E-state index contributed by atoms with van der Waals surface area (Å²) < 4.78 is 5.57. The van der Waals surface area contributed by atoms with E-state index in [4.69, 9.17) is 4.74 Å². The molecule has 0 radical (unpaired) electrons. The molecule has 23 heavy (non-hydrogen) atoms. The van der Waals surface area contributed by atoms with Crippen molar-refractivity contribution in [3.63, 3.8) is 0 Å². The summed E-state index contributed by atoms with van der Waals surface area (Å²) >= 11 is 0. The zero-order chi connectivity index (χ0) is 16.2. The molecule has 2 bridgehead atoms. The van der Waals surface area contributed by atoms with E-state index in [9.17, 15) is 4.79 Å². The van der Waals surface area contributed by atoms with Gasteiger partial charge in [0.2, 0.25) is 0 Å². The number of rotatable bonds is 5. The third-order valence-corrected chi connectivity index (χ3v) is 4.93. The molecule has 1 aromatic rings. The molecule has 2 saturated heterocycles. The maximum atomic E-state index is 12.3. The molecule has 2 N–H and O–H groups in total. The van der Waals surface area contributed by atoms with Crippen LogP contribution in [0.2, 0.25) is 0 Å². The molecule has 0 spiro atoms. The van der Waals surface area contributed by atoms with Gasteiger partial charge in [-0.25, -0.2) is 4.79 Å². The van der Waals surface area contributed by atoms with Gasteiger partial charge in [-0.3, -0.25) is 0 Å². The molecule has 2 aliphatic heterocycles. The molecule has 2 heterocycles. The Morgan fingerprint density at radius 1 is 1.35 bits per heavy atom. The molecule has 2 amide bonds. The van der Waals surface area contributed by atoms with Crippen LogP contribution in [0.1, 0.15) is 25.7 Å². The molecule has 5 heteroatoms. The van der Waals surface area contributed by atoms with Crippen molar-refractivity contribution in [3.8, 4) is 5.75 Å². The summed E-state index contributed by atoms with van der Waals surface area (Å²) in [6, 6.07) is 8.77. The van der Waals surface area contributed by atoms with Crippen molar-refractivity contribution in [1.29, 1.82) is 0 Å². The van der Waals surface area contributed by atoms with Gasteiger partial charge in [0.25, 0.3) is 0 Å². The highest BCUT2D eigenvalue weighted by Crippen LogP contribution is 2.34. The van der Waals surface area contributed by atoms with Crippen molar-refractivity contribution in [2.45, 2.75) is 43.8 Å². The van der Waals surface area contributed by atoms with Crippen LogP contribution in [0.4, 0.5) is 10.5 Å². The van der Waals surface area contributed by atoms with Gasteiger partial charge in [0.15, 0.2) is 0 Å². The van der Waals surface area contributed by atoms with Crippen molar-refractivity contribution in [1.82, 2.24) is 10.2 Å². The van der Waals surface area contributed by atoms with E-state index < -0.39 is 0 Å². The van der Waals surface area contributed by atoms with Crippen LogP contribution in [-0.4, -0.2) is 42.7 Å². The van der Waals surface area contributed by atoms with Crippen molar-refractivity contribution in [2.24, 2.45) is 0 Å². The second kappa shape index (κ2) is 7.04. The SMILES string of the molecule is C=CCOc1ccccc1NC(=O)NC1C[C@H]2CC[C@@H](C1)N2C. The number of nitrogens with one attached hydrogen (secondary N) is 2. The third-order valence-electron chi connectivity index (χ3n) is 4.93. The van der Waals surface area contributed by atoms with E-state index in [1.807, 2.05) is 24.3 Å². The number of fused-ring (bicyclic) bond motifs is 2. The largest absolute Gasteiger partial charge is 0.487 e. The molecule has 1 aromatic carbocycles. The number of ether oxygens (including phenoxy) is 1. The summed E-state index contributed by atoms with van der Waals surface area (Å²) in [6.45, 7) is 4.06. The Hall–Kier alpha value is -2.01. The quantitative estimate of drug-likeness (QED) is 0.821. The number of carbonyl (C=O) groups excluding carboxylic acids is 1. The summed E-state index contributed by atoms with van der Waals surface area (Å²) in [5, 5.41) is 6.02. The number of hydrogen-bond acceptors (Lipinski definition) is 3. The minimum atomic E-state index is -0.159. The fraction of sp³-hybridized carbons (Fsp3) is 0.500. The number of piperidine rings is 1. The van der Waals surface area contributed by atoms with E-state index in [2.05, 4.69) is 29.2 Å². The van der Waals surface area contributed by atoms with Crippen LogP contribution >= 0.6 is 0 Å². The lowest BCUT2D eigenvalue weighted by molar-refractivity contribution is 0.151. The fourth-order valence-electron chi connectivity index (χ4n) is 3.72. The predicted molar refractivity (Wildman–Crippen MR) is 91.9 cm³/mol. The smallest absolute Gasteiger partial charge is 0.319 e. The first-order valence-electron chi connectivity index (χ1n) is 8.29. The number of amides is 2. The van der Waals surface area contributed by atoms with Crippen LogP contribution in [0.15, 0.2) is 36.9 Å². The lowest BCUT2D eigenvalue weighted by atomic mass is 9.98. The summed E-state index contributed by atoms with van der Waals surface area (Å²) in [6.07, 6.45) is 6.26. The second-order valence-corrected chi connectivity index (χ2v) is 6.41. The minimum Gasteiger partial charge on any atom is -0.487 e. The number of benzene rings is 1. The number of nitrogens with zero attached hydrogens (tertiary/aromatic N) is 1. The molecule has 5 nitrogen and oxygen atoms in total. The van der Waals surface area contributed by atoms with Crippen molar-refractivity contribution in [3.05, 3.63) is 36.9 Å². The van der Waals surface area contributed by atoms with Gasteiger partial charge in [0, 0.05) is 18.1 Å². The molecule has 124 valence electrons. The van der Waals surface area contributed by atoms with Crippen LogP contribution in [0.25, 0.3) is 0 Å². The van der Waals surface area contributed by atoms with Crippen molar-refractivity contribution >= 4 is 11.7 Å². The lowest BCUT2D eigenvalue weighted by Gasteiger charge is -2.36. The van der Waals surface area contributed by atoms with Crippen LogP contribution in [-0.2, 0) is 0 Å². The van der Waals surface area contributed by atoms with E-state index in [0.29, 0.717) is 30.1 Å². The zero-order valence-electron chi connectivity index (χ0n) is 13.6. The lowest BCUT2D eigenvalue weighted by Crippen LogP contribution is -2.49.